The molecule has 0 bridgehead atoms. The molecular formula is C13H24N2O2. The number of hydrogen-bond donors (Lipinski definition) is 1. The second-order valence-corrected chi connectivity index (χ2v) is 5.01. The Hall–Kier alpha value is -0.610. The van der Waals surface area contributed by atoms with E-state index in [2.05, 4.69) is 5.32 Å². The van der Waals surface area contributed by atoms with Crippen LogP contribution < -0.4 is 5.32 Å². The zero-order chi connectivity index (χ0) is 12.1. The Morgan fingerprint density at radius 3 is 2.94 bits per heavy atom. The number of carbonyl (C=O) groups is 1. The fourth-order valence-corrected chi connectivity index (χ4v) is 2.79. The summed E-state index contributed by atoms with van der Waals surface area (Å²) in [6, 6.07) is 0.0594. The summed E-state index contributed by atoms with van der Waals surface area (Å²) in [5.41, 5.74) is 0. The van der Waals surface area contributed by atoms with E-state index < -0.39 is 0 Å². The Balaban J connectivity index is 1.85. The average Bonchev–Trinajstić information content (AvgIpc) is 2.40. The van der Waals surface area contributed by atoms with Gasteiger partial charge in [-0.15, -0.1) is 0 Å². The molecule has 1 amide bonds. The summed E-state index contributed by atoms with van der Waals surface area (Å²) in [4.78, 5) is 14.3. The minimum absolute atomic E-state index is 0.0594. The van der Waals surface area contributed by atoms with Crippen molar-refractivity contribution in [2.75, 3.05) is 26.2 Å². The van der Waals surface area contributed by atoms with Crippen molar-refractivity contribution in [3.05, 3.63) is 0 Å². The van der Waals surface area contributed by atoms with Gasteiger partial charge in [-0.2, -0.15) is 0 Å². The minimum Gasteiger partial charge on any atom is -0.377 e. The molecule has 2 aliphatic rings. The third-order valence-electron chi connectivity index (χ3n) is 3.70. The maximum Gasteiger partial charge on any atom is 0.239 e. The highest BCUT2D eigenvalue weighted by molar-refractivity contribution is 5.82. The van der Waals surface area contributed by atoms with Crippen molar-refractivity contribution in [3.8, 4) is 0 Å². The number of carbonyl (C=O) groups excluding carboxylic acids is 1. The molecule has 98 valence electrons. The SMILES string of the molecule is CCOC1CCCN(C(=O)C2CCCCN2)C1. The Kier molecular flexibility index (Phi) is 4.80. The van der Waals surface area contributed by atoms with E-state index in [4.69, 9.17) is 4.74 Å². The summed E-state index contributed by atoms with van der Waals surface area (Å²) < 4.78 is 5.64. The van der Waals surface area contributed by atoms with E-state index >= 15 is 0 Å². The third kappa shape index (κ3) is 3.42. The van der Waals surface area contributed by atoms with Crippen LogP contribution in [-0.4, -0.2) is 49.2 Å². The van der Waals surface area contributed by atoms with E-state index in [1.54, 1.807) is 0 Å². The largest absolute Gasteiger partial charge is 0.377 e. The van der Waals surface area contributed by atoms with Crippen LogP contribution in [0.3, 0.4) is 0 Å². The molecule has 2 unspecified atom stereocenters. The van der Waals surface area contributed by atoms with Crippen LogP contribution in [0, 0.1) is 0 Å². The van der Waals surface area contributed by atoms with Gasteiger partial charge in [0.05, 0.1) is 12.1 Å². The molecule has 4 nitrogen and oxygen atoms in total. The molecule has 0 radical (unpaired) electrons. The minimum atomic E-state index is 0.0594. The van der Waals surface area contributed by atoms with Crippen LogP contribution in [0.5, 0.6) is 0 Å². The summed E-state index contributed by atoms with van der Waals surface area (Å²) >= 11 is 0. The fraction of sp³-hybridized carbons (Fsp3) is 0.923. The van der Waals surface area contributed by atoms with Crippen molar-refractivity contribution in [3.63, 3.8) is 0 Å². The number of ether oxygens (including phenoxy) is 1. The number of hydrogen-bond acceptors (Lipinski definition) is 3. The van der Waals surface area contributed by atoms with Crippen LogP contribution in [-0.2, 0) is 9.53 Å². The number of rotatable bonds is 3. The topological polar surface area (TPSA) is 41.6 Å². The molecule has 17 heavy (non-hydrogen) atoms. The smallest absolute Gasteiger partial charge is 0.239 e. The van der Waals surface area contributed by atoms with E-state index in [0.717, 1.165) is 45.5 Å². The van der Waals surface area contributed by atoms with Gasteiger partial charge in [-0.1, -0.05) is 6.42 Å². The van der Waals surface area contributed by atoms with Crippen molar-refractivity contribution in [2.24, 2.45) is 0 Å². The second kappa shape index (κ2) is 6.36. The lowest BCUT2D eigenvalue weighted by Crippen LogP contribution is -2.52. The maximum absolute atomic E-state index is 12.3. The van der Waals surface area contributed by atoms with Crippen LogP contribution in [0.1, 0.15) is 39.0 Å². The summed E-state index contributed by atoms with van der Waals surface area (Å²) in [5.74, 6) is 0.286. The molecule has 0 spiro atoms. The van der Waals surface area contributed by atoms with Crippen LogP contribution >= 0.6 is 0 Å². The zero-order valence-corrected chi connectivity index (χ0v) is 10.8. The first-order chi connectivity index (χ1) is 8.31. The predicted octanol–water partition coefficient (Wildman–Crippen LogP) is 1.16. The van der Waals surface area contributed by atoms with Crippen molar-refractivity contribution >= 4 is 5.91 Å². The molecule has 2 heterocycles. The lowest BCUT2D eigenvalue weighted by atomic mass is 10.0. The molecule has 2 aliphatic heterocycles. The third-order valence-corrected chi connectivity index (χ3v) is 3.70. The average molecular weight is 240 g/mol. The lowest BCUT2D eigenvalue weighted by Gasteiger charge is -2.35. The molecule has 2 fully saturated rings. The van der Waals surface area contributed by atoms with Crippen LogP contribution in [0.15, 0.2) is 0 Å². The quantitative estimate of drug-likeness (QED) is 0.805. The Labute approximate surface area is 104 Å². The number of nitrogens with zero attached hydrogens (tertiary/aromatic N) is 1. The Morgan fingerprint density at radius 2 is 2.24 bits per heavy atom. The van der Waals surface area contributed by atoms with Crippen molar-refractivity contribution in [1.29, 1.82) is 0 Å². The highest BCUT2D eigenvalue weighted by Crippen LogP contribution is 2.16. The summed E-state index contributed by atoms with van der Waals surface area (Å²) in [5, 5.41) is 3.33. The monoisotopic (exact) mass is 240 g/mol. The van der Waals surface area contributed by atoms with E-state index in [-0.39, 0.29) is 18.1 Å². The first-order valence-corrected chi connectivity index (χ1v) is 6.95. The van der Waals surface area contributed by atoms with E-state index in [9.17, 15) is 4.79 Å². The molecule has 0 aromatic rings. The van der Waals surface area contributed by atoms with Crippen molar-refractivity contribution in [2.45, 2.75) is 51.2 Å². The van der Waals surface area contributed by atoms with Gasteiger partial charge in [0.15, 0.2) is 0 Å². The number of likely N-dealkylation sites (tertiary alicyclic amines) is 1. The normalized spacial score (nSPS) is 30.3. The molecule has 0 aliphatic carbocycles. The van der Waals surface area contributed by atoms with E-state index in [1.165, 1.54) is 12.8 Å². The molecule has 2 saturated heterocycles. The van der Waals surface area contributed by atoms with Gasteiger partial charge < -0.3 is 15.0 Å². The summed E-state index contributed by atoms with van der Waals surface area (Å²) in [6.07, 6.45) is 5.78. The Bertz CT molecular complexity index is 250. The van der Waals surface area contributed by atoms with E-state index in [1.807, 2.05) is 11.8 Å². The van der Waals surface area contributed by atoms with Crippen LogP contribution in [0.4, 0.5) is 0 Å². The fourth-order valence-electron chi connectivity index (χ4n) is 2.79. The van der Waals surface area contributed by atoms with Crippen LogP contribution in [0.25, 0.3) is 0 Å². The van der Waals surface area contributed by atoms with Crippen LogP contribution in [0.2, 0.25) is 0 Å². The molecule has 2 rings (SSSR count). The van der Waals surface area contributed by atoms with Gasteiger partial charge in [0, 0.05) is 19.7 Å². The molecule has 1 N–H and O–H groups in total. The van der Waals surface area contributed by atoms with Gasteiger partial charge in [-0.25, -0.2) is 0 Å². The summed E-state index contributed by atoms with van der Waals surface area (Å²) in [7, 11) is 0. The lowest BCUT2D eigenvalue weighted by molar-refractivity contribution is -0.138. The highest BCUT2D eigenvalue weighted by atomic mass is 16.5. The van der Waals surface area contributed by atoms with Gasteiger partial charge in [-0.05, 0) is 39.2 Å². The standard InChI is InChI=1S/C13H24N2O2/c1-2-17-11-6-5-9-15(10-11)13(16)12-7-3-4-8-14-12/h11-12,14H,2-10H2,1H3. The van der Waals surface area contributed by atoms with Gasteiger partial charge in [0.25, 0.3) is 0 Å². The van der Waals surface area contributed by atoms with Gasteiger partial charge in [-0.3, -0.25) is 4.79 Å². The number of piperidine rings is 2. The molecule has 4 heteroatoms. The maximum atomic E-state index is 12.3. The zero-order valence-electron chi connectivity index (χ0n) is 10.8. The van der Waals surface area contributed by atoms with Crippen molar-refractivity contribution in [1.82, 2.24) is 10.2 Å². The predicted molar refractivity (Wildman–Crippen MR) is 66.9 cm³/mol. The number of amides is 1. The first kappa shape index (κ1) is 12.8. The van der Waals surface area contributed by atoms with Gasteiger partial charge in [0.1, 0.15) is 0 Å². The highest BCUT2D eigenvalue weighted by Gasteiger charge is 2.29. The number of nitrogens with one attached hydrogen (secondary N) is 1. The molecular weight excluding hydrogens is 216 g/mol. The molecule has 0 aromatic heterocycles. The molecule has 0 aromatic carbocycles. The molecule has 0 saturated carbocycles. The second-order valence-electron chi connectivity index (χ2n) is 5.01. The van der Waals surface area contributed by atoms with E-state index in [0.29, 0.717) is 0 Å². The molecule has 2 atom stereocenters. The van der Waals surface area contributed by atoms with Gasteiger partial charge >= 0.3 is 0 Å². The van der Waals surface area contributed by atoms with Crippen molar-refractivity contribution < 1.29 is 9.53 Å². The Morgan fingerprint density at radius 1 is 1.35 bits per heavy atom. The summed E-state index contributed by atoms with van der Waals surface area (Å²) in [6.45, 7) is 5.43. The van der Waals surface area contributed by atoms with Gasteiger partial charge in [0.2, 0.25) is 5.91 Å². The first-order valence-electron chi connectivity index (χ1n) is 6.95.